The van der Waals surface area contributed by atoms with Gasteiger partial charge >= 0.3 is 5.97 Å². The lowest BCUT2D eigenvalue weighted by Gasteiger charge is -2.34. The first kappa shape index (κ1) is 22.4. The summed E-state index contributed by atoms with van der Waals surface area (Å²) in [5.41, 5.74) is 1.75. The van der Waals surface area contributed by atoms with Gasteiger partial charge in [0, 0.05) is 11.7 Å². The van der Waals surface area contributed by atoms with Gasteiger partial charge in [0.1, 0.15) is 0 Å². The minimum atomic E-state index is -0.667. The highest BCUT2D eigenvalue weighted by Gasteiger charge is 2.28. The van der Waals surface area contributed by atoms with E-state index in [-0.39, 0.29) is 24.3 Å². The number of carbonyl (C=O) groups is 2. The van der Waals surface area contributed by atoms with Crippen LogP contribution in [0.15, 0.2) is 60.7 Å². The van der Waals surface area contributed by atoms with Gasteiger partial charge < -0.3 is 9.64 Å². The van der Waals surface area contributed by atoms with Crippen molar-refractivity contribution < 1.29 is 14.3 Å². The quantitative estimate of drug-likeness (QED) is 0.405. The fraction of sp³-hybridized carbons (Fsp3) is 0.320. The number of carbonyl (C=O) groups excluding carboxylic acids is 2. The van der Waals surface area contributed by atoms with Gasteiger partial charge in [-0.3, -0.25) is 4.79 Å². The maximum absolute atomic E-state index is 13.3. The standard InChI is InChI=1S/C25H27N5O3/c1-19-26-27-28-30(19)23(17-20-11-5-2-6-12-20)25(32)33-18-24(31)29(21-13-7-3-8-14-21)22-15-9-4-10-16-22/h2-3,5-8,11-14,17,22H,4,9-10,15-16,18H2,1H3/b23-17-. The van der Waals surface area contributed by atoms with Crippen LogP contribution >= 0.6 is 0 Å². The summed E-state index contributed by atoms with van der Waals surface area (Å²) in [4.78, 5) is 28.1. The smallest absolute Gasteiger partial charge is 0.357 e. The van der Waals surface area contributed by atoms with E-state index < -0.39 is 5.97 Å². The molecule has 0 unspecified atom stereocenters. The number of esters is 1. The Morgan fingerprint density at radius 2 is 1.70 bits per heavy atom. The van der Waals surface area contributed by atoms with Crippen LogP contribution in [-0.2, 0) is 14.3 Å². The second-order valence-electron chi connectivity index (χ2n) is 8.05. The number of hydrogen-bond donors (Lipinski definition) is 0. The van der Waals surface area contributed by atoms with E-state index >= 15 is 0 Å². The summed E-state index contributed by atoms with van der Waals surface area (Å²) >= 11 is 0. The summed E-state index contributed by atoms with van der Waals surface area (Å²) in [5, 5.41) is 11.4. The van der Waals surface area contributed by atoms with Crippen LogP contribution < -0.4 is 4.90 Å². The van der Waals surface area contributed by atoms with Crippen molar-refractivity contribution in [3.05, 3.63) is 72.1 Å². The molecule has 4 rings (SSSR count). The van der Waals surface area contributed by atoms with E-state index in [2.05, 4.69) is 15.5 Å². The van der Waals surface area contributed by atoms with Crippen LogP contribution in [0, 0.1) is 6.92 Å². The molecule has 1 aliphatic rings. The summed E-state index contributed by atoms with van der Waals surface area (Å²) in [6.45, 7) is 1.33. The Balaban J connectivity index is 1.54. The number of hydrogen-bond acceptors (Lipinski definition) is 6. The Hall–Kier alpha value is -3.81. The highest BCUT2D eigenvalue weighted by molar-refractivity contribution is 6.15. The molecular weight excluding hydrogens is 418 g/mol. The van der Waals surface area contributed by atoms with Gasteiger partial charge in [0.25, 0.3) is 5.91 Å². The molecule has 0 N–H and O–H groups in total. The average Bonchev–Trinajstić information content (AvgIpc) is 3.28. The third-order valence-electron chi connectivity index (χ3n) is 5.74. The van der Waals surface area contributed by atoms with Gasteiger partial charge in [-0.1, -0.05) is 67.8 Å². The zero-order valence-electron chi connectivity index (χ0n) is 18.6. The van der Waals surface area contributed by atoms with Crippen LogP contribution in [0.25, 0.3) is 11.8 Å². The number of benzene rings is 2. The highest BCUT2D eigenvalue weighted by atomic mass is 16.5. The Kier molecular flexibility index (Phi) is 7.24. The monoisotopic (exact) mass is 445 g/mol. The molecule has 33 heavy (non-hydrogen) atoms. The van der Waals surface area contributed by atoms with E-state index in [1.165, 1.54) is 11.1 Å². The number of nitrogens with zero attached hydrogens (tertiary/aromatic N) is 5. The van der Waals surface area contributed by atoms with Crippen molar-refractivity contribution in [2.45, 2.75) is 45.1 Å². The van der Waals surface area contributed by atoms with Crippen molar-refractivity contribution in [3.8, 4) is 0 Å². The molecule has 0 bridgehead atoms. The van der Waals surface area contributed by atoms with E-state index in [0.29, 0.717) is 5.82 Å². The number of aryl methyl sites for hydroxylation is 1. The minimum absolute atomic E-state index is 0.105. The third-order valence-corrected chi connectivity index (χ3v) is 5.74. The van der Waals surface area contributed by atoms with E-state index in [4.69, 9.17) is 4.74 Å². The molecule has 170 valence electrons. The molecule has 0 saturated heterocycles. The maximum atomic E-state index is 13.3. The number of tetrazole rings is 1. The number of amides is 1. The van der Waals surface area contributed by atoms with E-state index in [0.717, 1.165) is 36.9 Å². The lowest BCUT2D eigenvalue weighted by atomic mass is 9.93. The van der Waals surface area contributed by atoms with Gasteiger partial charge in [-0.05, 0) is 54.0 Å². The molecule has 1 fully saturated rings. The predicted molar refractivity (Wildman–Crippen MR) is 125 cm³/mol. The molecule has 1 aromatic heterocycles. The Morgan fingerprint density at radius 3 is 2.33 bits per heavy atom. The molecule has 1 aliphatic carbocycles. The number of ether oxygens (including phenoxy) is 1. The van der Waals surface area contributed by atoms with Crippen LogP contribution in [0.4, 0.5) is 5.69 Å². The Bertz CT molecular complexity index is 1110. The highest BCUT2D eigenvalue weighted by Crippen LogP contribution is 2.27. The molecule has 0 atom stereocenters. The van der Waals surface area contributed by atoms with E-state index in [1.54, 1.807) is 17.9 Å². The van der Waals surface area contributed by atoms with Crippen LogP contribution in [0.2, 0.25) is 0 Å². The van der Waals surface area contributed by atoms with Crippen LogP contribution in [-0.4, -0.2) is 44.7 Å². The summed E-state index contributed by atoms with van der Waals surface area (Å²) in [5.74, 6) is -0.471. The topological polar surface area (TPSA) is 90.2 Å². The predicted octanol–water partition coefficient (Wildman–Crippen LogP) is 3.89. The molecule has 1 heterocycles. The van der Waals surface area contributed by atoms with Crippen molar-refractivity contribution in [2.75, 3.05) is 11.5 Å². The summed E-state index contributed by atoms with van der Waals surface area (Å²) in [7, 11) is 0. The first-order chi connectivity index (χ1) is 16.1. The van der Waals surface area contributed by atoms with Crippen LogP contribution in [0.1, 0.15) is 43.5 Å². The summed E-state index contributed by atoms with van der Waals surface area (Å²) < 4.78 is 6.81. The second-order valence-corrected chi connectivity index (χ2v) is 8.05. The minimum Gasteiger partial charge on any atom is -0.451 e. The van der Waals surface area contributed by atoms with Crippen LogP contribution in [0.5, 0.6) is 0 Å². The SMILES string of the molecule is Cc1nnnn1/C(=C\c1ccccc1)C(=O)OCC(=O)N(c1ccccc1)C1CCCCC1. The molecule has 2 aromatic carbocycles. The van der Waals surface area contributed by atoms with Gasteiger partial charge in [0.2, 0.25) is 0 Å². The normalized spacial score (nSPS) is 14.6. The summed E-state index contributed by atoms with van der Waals surface area (Å²) in [6.07, 6.45) is 6.88. The maximum Gasteiger partial charge on any atom is 0.357 e. The third kappa shape index (κ3) is 5.52. The van der Waals surface area contributed by atoms with Crippen molar-refractivity contribution in [1.82, 2.24) is 20.2 Å². The lowest BCUT2D eigenvalue weighted by molar-refractivity contribution is -0.142. The zero-order valence-corrected chi connectivity index (χ0v) is 18.6. The first-order valence-corrected chi connectivity index (χ1v) is 11.2. The van der Waals surface area contributed by atoms with Gasteiger partial charge in [0.15, 0.2) is 18.1 Å². The number of anilines is 1. The molecule has 1 amide bonds. The number of rotatable bonds is 7. The van der Waals surface area contributed by atoms with Gasteiger partial charge in [-0.15, -0.1) is 5.10 Å². The number of aromatic nitrogens is 4. The van der Waals surface area contributed by atoms with Gasteiger partial charge in [-0.25, -0.2) is 4.79 Å². The number of para-hydroxylation sites is 1. The fourth-order valence-electron chi connectivity index (χ4n) is 4.13. The first-order valence-electron chi connectivity index (χ1n) is 11.2. The molecule has 8 nitrogen and oxygen atoms in total. The van der Waals surface area contributed by atoms with Crippen molar-refractivity contribution >= 4 is 29.3 Å². The average molecular weight is 446 g/mol. The van der Waals surface area contributed by atoms with Gasteiger partial charge in [0.05, 0.1) is 0 Å². The van der Waals surface area contributed by atoms with E-state index in [9.17, 15) is 9.59 Å². The largest absolute Gasteiger partial charge is 0.451 e. The van der Waals surface area contributed by atoms with Crippen molar-refractivity contribution in [2.24, 2.45) is 0 Å². The molecular formula is C25H27N5O3. The second kappa shape index (κ2) is 10.7. The molecule has 1 saturated carbocycles. The molecule has 0 aliphatic heterocycles. The van der Waals surface area contributed by atoms with Crippen LogP contribution in [0.3, 0.4) is 0 Å². The van der Waals surface area contributed by atoms with Crippen molar-refractivity contribution in [1.29, 1.82) is 0 Å². The Labute approximate surface area is 192 Å². The Morgan fingerprint density at radius 1 is 1.03 bits per heavy atom. The lowest BCUT2D eigenvalue weighted by Crippen LogP contribution is -2.44. The molecule has 3 aromatic rings. The summed E-state index contributed by atoms with van der Waals surface area (Å²) in [6, 6.07) is 19.0. The molecule has 0 radical (unpaired) electrons. The molecule has 8 heteroatoms. The van der Waals surface area contributed by atoms with Gasteiger partial charge in [-0.2, -0.15) is 4.68 Å². The fourth-order valence-corrected chi connectivity index (χ4v) is 4.13. The van der Waals surface area contributed by atoms with E-state index in [1.807, 2.05) is 60.7 Å². The van der Waals surface area contributed by atoms with Crippen molar-refractivity contribution in [3.63, 3.8) is 0 Å². The molecule has 0 spiro atoms. The zero-order chi connectivity index (χ0) is 23.0.